The van der Waals surface area contributed by atoms with Crippen molar-refractivity contribution in [2.45, 2.75) is 49.1 Å². The van der Waals surface area contributed by atoms with Gasteiger partial charge in [-0.3, -0.25) is 24.1 Å². The number of aliphatic hydroxyl groups is 3. The van der Waals surface area contributed by atoms with Gasteiger partial charge in [0.1, 0.15) is 18.3 Å². The Morgan fingerprint density at radius 2 is 1.97 bits per heavy atom. The fourth-order valence-corrected chi connectivity index (χ4v) is 3.40. The number of aliphatic hydroxyl groups excluding tert-OH is 3. The van der Waals surface area contributed by atoms with Crippen LogP contribution in [0.5, 0.6) is 0 Å². The first-order chi connectivity index (χ1) is 15.6. The lowest BCUT2D eigenvalue weighted by Gasteiger charge is -2.25. The number of hydrogen-bond donors (Lipinski definition) is 7. The van der Waals surface area contributed by atoms with Crippen LogP contribution in [0.3, 0.4) is 0 Å². The summed E-state index contributed by atoms with van der Waals surface area (Å²) in [5, 5.41) is 42.5. The number of nitrogens with one attached hydrogen (secondary N) is 2. The molecule has 7 atom stereocenters. The van der Waals surface area contributed by atoms with Gasteiger partial charge in [0.2, 0.25) is 5.91 Å². The van der Waals surface area contributed by atoms with E-state index in [0.717, 1.165) is 16.8 Å². The lowest BCUT2D eigenvalue weighted by molar-refractivity contribution is -0.149. The molecule has 0 radical (unpaired) electrons. The van der Waals surface area contributed by atoms with Gasteiger partial charge in [0.15, 0.2) is 12.3 Å². The average Bonchev–Trinajstić information content (AvgIpc) is 3.06. The maximum absolute atomic E-state index is 12.5. The largest absolute Gasteiger partial charge is 0.480 e. The van der Waals surface area contributed by atoms with Crippen molar-refractivity contribution < 1.29 is 34.8 Å². The Balaban J connectivity index is 1.72. The summed E-state index contributed by atoms with van der Waals surface area (Å²) in [6, 6.07) is 2.56. The Labute approximate surface area is 185 Å². The van der Waals surface area contributed by atoms with Crippen molar-refractivity contribution >= 4 is 11.9 Å². The predicted molar refractivity (Wildman–Crippen MR) is 109 cm³/mol. The summed E-state index contributed by atoms with van der Waals surface area (Å²) >= 11 is 0. The average molecular weight is 465 g/mol. The molecule has 3 heterocycles. The molecule has 3 rings (SSSR count). The summed E-state index contributed by atoms with van der Waals surface area (Å²) in [5.41, 5.74) is 4.39. The minimum atomic E-state index is -1.86. The summed E-state index contributed by atoms with van der Waals surface area (Å²) in [4.78, 5) is 53.4. The van der Waals surface area contributed by atoms with Gasteiger partial charge in [0, 0.05) is 24.9 Å². The summed E-state index contributed by atoms with van der Waals surface area (Å²) in [5.74, 6) is -2.57. The third-order valence-electron chi connectivity index (χ3n) is 5.14. The van der Waals surface area contributed by atoms with Gasteiger partial charge in [-0.2, -0.15) is 0 Å². The molecule has 1 amide bonds. The van der Waals surface area contributed by atoms with Crippen LogP contribution < -0.4 is 22.3 Å². The normalized spacial score (nSPS) is 25.2. The monoisotopic (exact) mass is 465 g/mol. The van der Waals surface area contributed by atoms with Gasteiger partial charge in [0.05, 0.1) is 17.8 Å². The number of nitrogens with zero attached hydrogens (tertiary/aromatic N) is 2. The molecule has 1 aliphatic rings. The third-order valence-corrected chi connectivity index (χ3v) is 5.14. The van der Waals surface area contributed by atoms with Gasteiger partial charge >= 0.3 is 11.7 Å². The van der Waals surface area contributed by atoms with Crippen LogP contribution in [0.4, 0.5) is 0 Å². The van der Waals surface area contributed by atoms with Gasteiger partial charge in [-0.25, -0.2) is 9.59 Å². The molecule has 1 aliphatic heterocycles. The standard InChI is InChI=1S/C19H23N5O9/c20-8(7-10(25)9-3-1-2-5-21-9)16(29)23-12(18(30)31)15-13(27)14(28)17(33-15)24-6-4-11(26)22-19(24)32/h1-6,8,10,12-15,17,25,27-28H,7,20H2,(H,23,29)(H,30,31)(H,22,26,32)/t8?,10?,12?,13-,14+,15+,17+/m0/s1. The van der Waals surface area contributed by atoms with Crippen LogP contribution in [0.1, 0.15) is 24.4 Å². The van der Waals surface area contributed by atoms with Crippen LogP contribution in [-0.4, -0.2) is 77.2 Å². The molecule has 33 heavy (non-hydrogen) atoms. The molecule has 2 aromatic rings. The second-order valence-electron chi connectivity index (χ2n) is 7.43. The quantitative estimate of drug-likeness (QED) is 0.203. The minimum Gasteiger partial charge on any atom is -0.480 e. The first-order valence-electron chi connectivity index (χ1n) is 9.81. The van der Waals surface area contributed by atoms with Gasteiger partial charge in [-0.05, 0) is 12.1 Å². The zero-order valence-corrected chi connectivity index (χ0v) is 17.0. The van der Waals surface area contributed by atoms with Crippen LogP contribution in [0.15, 0.2) is 46.2 Å². The second-order valence-corrected chi connectivity index (χ2v) is 7.43. The van der Waals surface area contributed by atoms with E-state index in [0.29, 0.717) is 0 Å². The highest BCUT2D eigenvalue weighted by molar-refractivity contribution is 5.87. The number of hydrogen-bond acceptors (Lipinski definition) is 10. The smallest absolute Gasteiger partial charge is 0.330 e. The van der Waals surface area contributed by atoms with Crippen molar-refractivity contribution in [1.29, 1.82) is 0 Å². The first-order valence-corrected chi connectivity index (χ1v) is 9.81. The molecule has 0 saturated carbocycles. The molecule has 14 heteroatoms. The molecule has 0 aliphatic carbocycles. The number of aliphatic carboxylic acids is 1. The molecule has 3 unspecified atom stereocenters. The topological polar surface area (TPSA) is 230 Å². The lowest BCUT2D eigenvalue weighted by atomic mass is 10.0. The summed E-state index contributed by atoms with van der Waals surface area (Å²) in [7, 11) is 0. The molecule has 1 saturated heterocycles. The zero-order chi connectivity index (χ0) is 24.3. The maximum atomic E-state index is 12.5. The van der Waals surface area contributed by atoms with Crippen LogP contribution in [0.25, 0.3) is 0 Å². The Hall–Kier alpha value is -3.43. The summed E-state index contributed by atoms with van der Waals surface area (Å²) < 4.78 is 6.16. The first kappa shape index (κ1) is 24.2. The number of pyridine rings is 1. The molecular weight excluding hydrogens is 442 g/mol. The zero-order valence-electron chi connectivity index (χ0n) is 17.0. The molecule has 0 aromatic carbocycles. The maximum Gasteiger partial charge on any atom is 0.330 e. The number of rotatable bonds is 8. The number of aromatic amines is 1. The Bertz CT molecular complexity index is 1100. The fraction of sp³-hybridized carbons (Fsp3) is 0.421. The van der Waals surface area contributed by atoms with Gasteiger partial charge in [-0.15, -0.1) is 0 Å². The van der Waals surface area contributed by atoms with Crippen LogP contribution in [0.2, 0.25) is 0 Å². The number of nitrogens with two attached hydrogens (primary N) is 1. The predicted octanol–water partition coefficient (Wildman–Crippen LogP) is -3.43. The van der Waals surface area contributed by atoms with Crippen LogP contribution >= 0.6 is 0 Å². The third kappa shape index (κ3) is 5.32. The van der Waals surface area contributed by atoms with Crippen molar-refractivity contribution in [3.63, 3.8) is 0 Å². The minimum absolute atomic E-state index is 0.266. The molecule has 8 N–H and O–H groups in total. The Morgan fingerprint density at radius 3 is 2.58 bits per heavy atom. The van der Waals surface area contributed by atoms with Crippen molar-refractivity contribution in [3.8, 4) is 0 Å². The van der Waals surface area contributed by atoms with Gasteiger partial charge < -0.3 is 36.2 Å². The second kappa shape index (κ2) is 10.0. The highest BCUT2D eigenvalue weighted by Crippen LogP contribution is 2.30. The van der Waals surface area contributed by atoms with Gasteiger partial charge in [0.25, 0.3) is 5.56 Å². The number of carbonyl (C=O) groups excluding carboxylic acids is 1. The van der Waals surface area contributed by atoms with Crippen molar-refractivity contribution in [2.75, 3.05) is 0 Å². The van der Waals surface area contributed by atoms with E-state index in [1.54, 1.807) is 12.1 Å². The van der Waals surface area contributed by atoms with Gasteiger partial charge in [-0.1, -0.05) is 6.07 Å². The summed E-state index contributed by atoms with van der Waals surface area (Å²) in [6.07, 6.45) is -5.79. The van der Waals surface area contributed by atoms with E-state index < -0.39 is 65.9 Å². The van der Waals surface area contributed by atoms with E-state index in [9.17, 15) is 39.6 Å². The number of carbonyl (C=O) groups is 2. The molecular formula is C19H23N5O9. The van der Waals surface area contributed by atoms with E-state index in [4.69, 9.17) is 10.5 Å². The number of carboxylic acid groups (broad SMARTS) is 1. The van der Waals surface area contributed by atoms with E-state index in [-0.39, 0.29) is 12.1 Å². The van der Waals surface area contributed by atoms with E-state index >= 15 is 0 Å². The number of ether oxygens (including phenoxy) is 1. The fourth-order valence-electron chi connectivity index (χ4n) is 3.40. The van der Waals surface area contributed by atoms with Crippen LogP contribution in [-0.2, 0) is 14.3 Å². The number of amides is 1. The Morgan fingerprint density at radius 1 is 1.24 bits per heavy atom. The summed E-state index contributed by atoms with van der Waals surface area (Å²) in [6.45, 7) is 0. The molecule has 0 spiro atoms. The van der Waals surface area contributed by atoms with Crippen molar-refractivity contribution in [2.24, 2.45) is 5.73 Å². The SMILES string of the molecule is NC(CC(O)c1ccccn1)C(=O)NC(C(=O)O)[C@H]1O[C@@H](n2ccc(=O)[nH]c2=O)[C@H](O)[C@@H]1O. The molecule has 2 aromatic heterocycles. The van der Waals surface area contributed by atoms with E-state index in [1.807, 2.05) is 4.98 Å². The van der Waals surface area contributed by atoms with Crippen molar-refractivity contribution in [3.05, 3.63) is 63.2 Å². The Kier molecular flexibility index (Phi) is 7.35. The molecule has 1 fully saturated rings. The van der Waals surface area contributed by atoms with Crippen molar-refractivity contribution in [1.82, 2.24) is 19.9 Å². The van der Waals surface area contributed by atoms with E-state index in [1.165, 1.54) is 12.3 Å². The van der Waals surface area contributed by atoms with E-state index in [2.05, 4.69) is 10.3 Å². The highest BCUT2D eigenvalue weighted by atomic mass is 16.6. The molecule has 14 nitrogen and oxygen atoms in total. The molecule has 0 bridgehead atoms. The number of carboxylic acids is 1. The van der Waals surface area contributed by atoms with Crippen LogP contribution in [0, 0.1) is 0 Å². The lowest BCUT2D eigenvalue weighted by Crippen LogP contribution is -2.56. The number of H-pyrrole nitrogens is 1. The molecule has 178 valence electrons. The number of aromatic nitrogens is 3. The highest BCUT2D eigenvalue weighted by Gasteiger charge is 2.50.